The topological polar surface area (TPSA) is 41.9 Å². The molecule has 0 saturated carbocycles. The van der Waals surface area contributed by atoms with Crippen molar-refractivity contribution in [2.45, 2.75) is 29.1 Å². The molecule has 0 spiro atoms. The van der Waals surface area contributed by atoms with Gasteiger partial charge < -0.3 is 0 Å². The Bertz CT molecular complexity index is 1890. The highest BCUT2D eigenvalue weighted by Crippen LogP contribution is 2.57. The van der Waals surface area contributed by atoms with Gasteiger partial charge >= 0.3 is 0 Å². The number of hydrogen-bond donors (Lipinski definition) is 0. The van der Waals surface area contributed by atoms with Gasteiger partial charge in [0.05, 0.1) is 11.4 Å². The fourth-order valence-corrected chi connectivity index (χ4v) is 7.14. The van der Waals surface area contributed by atoms with Crippen molar-refractivity contribution in [1.29, 1.82) is 0 Å². The molecule has 0 radical (unpaired) electrons. The zero-order valence-corrected chi connectivity index (χ0v) is 23.6. The highest BCUT2D eigenvalue weighted by atomic mass is 32.2. The zero-order chi connectivity index (χ0) is 27.6. The zero-order valence-electron chi connectivity index (χ0n) is 22.7. The van der Waals surface area contributed by atoms with Gasteiger partial charge in [-0.2, -0.15) is 9.97 Å². The number of rotatable bonds is 3. The van der Waals surface area contributed by atoms with E-state index in [0.29, 0.717) is 17.6 Å². The highest BCUT2D eigenvalue weighted by molar-refractivity contribution is 7.99. The van der Waals surface area contributed by atoms with Crippen LogP contribution in [0.3, 0.4) is 0 Å². The second-order valence-corrected chi connectivity index (χ2v) is 12.0. The summed E-state index contributed by atoms with van der Waals surface area (Å²) in [5.41, 5.74) is 9.29. The summed E-state index contributed by atoms with van der Waals surface area (Å²) in [6.07, 6.45) is 0. The van der Waals surface area contributed by atoms with Crippen molar-refractivity contribution in [1.82, 2.24) is 15.0 Å². The number of benzene rings is 5. The predicted molar refractivity (Wildman–Crippen MR) is 167 cm³/mol. The van der Waals surface area contributed by atoms with Crippen LogP contribution in [0.25, 0.3) is 33.9 Å². The van der Waals surface area contributed by atoms with E-state index >= 15 is 0 Å². The normalized spacial score (nSPS) is 14.1. The van der Waals surface area contributed by atoms with Crippen LogP contribution in [0.2, 0.25) is 0 Å². The van der Waals surface area contributed by atoms with Gasteiger partial charge in [-0.05, 0) is 46.5 Å². The third-order valence-corrected chi connectivity index (χ3v) is 9.23. The van der Waals surface area contributed by atoms with E-state index in [2.05, 4.69) is 79.4 Å². The minimum absolute atomic E-state index is 0.0720. The lowest BCUT2D eigenvalue weighted by Crippen LogP contribution is -2.20. The van der Waals surface area contributed by atoms with E-state index in [4.69, 9.17) is 15.0 Å². The summed E-state index contributed by atoms with van der Waals surface area (Å²) in [5, 5.41) is 0. The molecule has 5 heteroatoms. The van der Waals surface area contributed by atoms with Gasteiger partial charge in [-0.3, -0.25) is 4.90 Å². The van der Waals surface area contributed by atoms with Crippen molar-refractivity contribution in [3.63, 3.8) is 0 Å². The number of aromatic nitrogens is 3. The standard InChI is InChI=1S/C36H26N4S/c1-36(2)27-18-10-9-17-25(27)26-21-30-32(22-28(26)36)41-31-20-12-11-19-29(31)40(30)35-38-33(23-13-5-3-6-14-23)37-34(39-35)24-15-7-4-8-16-24/h3-22H,1-2H3. The first-order chi connectivity index (χ1) is 20.1. The molecule has 5 aromatic carbocycles. The van der Waals surface area contributed by atoms with Crippen LogP contribution >= 0.6 is 11.8 Å². The molecule has 4 nitrogen and oxygen atoms in total. The van der Waals surface area contributed by atoms with Crippen LogP contribution in [0.15, 0.2) is 131 Å². The van der Waals surface area contributed by atoms with Gasteiger partial charge in [0.25, 0.3) is 0 Å². The van der Waals surface area contributed by atoms with E-state index in [-0.39, 0.29) is 5.41 Å². The molecule has 0 saturated heterocycles. The van der Waals surface area contributed by atoms with E-state index in [0.717, 1.165) is 22.5 Å². The van der Waals surface area contributed by atoms with E-state index in [9.17, 15) is 0 Å². The van der Waals surface area contributed by atoms with Crippen LogP contribution in [0, 0.1) is 0 Å². The second kappa shape index (κ2) is 9.15. The Morgan fingerprint density at radius 1 is 0.537 bits per heavy atom. The number of para-hydroxylation sites is 1. The maximum Gasteiger partial charge on any atom is 0.238 e. The molecule has 8 rings (SSSR count). The molecule has 41 heavy (non-hydrogen) atoms. The molecule has 1 aliphatic carbocycles. The van der Waals surface area contributed by atoms with E-state index in [1.54, 1.807) is 0 Å². The lowest BCUT2D eigenvalue weighted by Gasteiger charge is -2.32. The van der Waals surface area contributed by atoms with Crippen LogP contribution in [-0.4, -0.2) is 15.0 Å². The van der Waals surface area contributed by atoms with Gasteiger partial charge in [0.2, 0.25) is 5.95 Å². The third-order valence-electron chi connectivity index (χ3n) is 8.12. The molecule has 1 aliphatic heterocycles. The summed E-state index contributed by atoms with van der Waals surface area (Å²) in [4.78, 5) is 19.8. The van der Waals surface area contributed by atoms with Crippen molar-refractivity contribution in [2.75, 3.05) is 4.90 Å². The summed E-state index contributed by atoms with van der Waals surface area (Å²) >= 11 is 1.81. The summed E-state index contributed by atoms with van der Waals surface area (Å²) in [7, 11) is 0. The minimum atomic E-state index is -0.0720. The van der Waals surface area contributed by atoms with E-state index in [1.807, 2.05) is 72.4 Å². The molecule has 2 heterocycles. The van der Waals surface area contributed by atoms with Gasteiger partial charge in [-0.25, -0.2) is 4.98 Å². The Labute approximate surface area is 243 Å². The van der Waals surface area contributed by atoms with Crippen molar-refractivity contribution < 1.29 is 0 Å². The Kier molecular flexibility index (Phi) is 5.38. The molecule has 1 aromatic heterocycles. The Morgan fingerprint density at radius 2 is 1.15 bits per heavy atom. The molecule has 2 aliphatic rings. The molecular formula is C36H26N4S. The summed E-state index contributed by atoms with van der Waals surface area (Å²) in [6, 6.07) is 42.3. The molecule has 0 atom stereocenters. The largest absolute Gasteiger partial charge is 0.277 e. The molecule has 0 fully saturated rings. The lowest BCUT2D eigenvalue weighted by molar-refractivity contribution is 0.658. The molecular weight excluding hydrogens is 520 g/mol. The van der Waals surface area contributed by atoms with Gasteiger partial charge in [-0.15, -0.1) is 0 Å². The van der Waals surface area contributed by atoms with Gasteiger partial charge in [-0.1, -0.05) is 123 Å². The summed E-state index contributed by atoms with van der Waals surface area (Å²) in [5.74, 6) is 1.91. The number of hydrogen-bond acceptors (Lipinski definition) is 5. The van der Waals surface area contributed by atoms with Crippen LogP contribution < -0.4 is 4.90 Å². The van der Waals surface area contributed by atoms with Crippen LogP contribution in [-0.2, 0) is 5.41 Å². The van der Waals surface area contributed by atoms with Crippen LogP contribution in [0.1, 0.15) is 25.0 Å². The monoisotopic (exact) mass is 546 g/mol. The molecule has 0 amide bonds. The Hall–Kier alpha value is -4.74. The quantitative estimate of drug-likeness (QED) is 0.221. The van der Waals surface area contributed by atoms with Crippen molar-refractivity contribution in [3.05, 3.63) is 132 Å². The Morgan fingerprint density at radius 3 is 1.85 bits per heavy atom. The number of fused-ring (bicyclic) bond motifs is 5. The van der Waals surface area contributed by atoms with Crippen LogP contribution in [0.5, 0.6) is 0 Å². The maximum atomic E-state index is 5.11. The van der Waals surface area contributed by atoms with Gasteiger partial charge in [0, 0.05) is 26.3 Å². The smallest absolute Gasteiger partial charge is 0.238 e. The fraction of sp³-hybridized carbons (Fsp3) is 0.0833. The van der Waals surface area contributed by atoms with Gasteiger partial charge in [0.15, 0.2) is 11.6 Å². The van der Waals surface area contributed by atoms with Crippen molar-refractivity contribution >= 4 is 29.1 Å². The molecule has 0 bridgehead atoms. The molecule has 196 valence electrons. The third kappa shape index (κ3) is 3.80. The van der Waals surface area contributed by atoms with Crippen LogP contribution in [0.4, 0.5) is 17.3 Å². The van der Waals surface area contributed by atoms with Gasteiger partial charge in [0.1, 0.15) is 0 Å². The average molecular weight is 547 g/mol. The Balaban J connectivity index is 1.40. The molecule has 0 unspecified atom stereocenters. The summed E-state index contributed by atoms with van der Waals surface area (Å²) < 4.78 is 0. The fourth-order valence-electron chi connectivity index (χ4n) is 6.06. The molecule has 0 N–H and O–H groups in total. The average Bonchev–Trinajstić information content (AvgIpc) is 3.25. The first-order valence-corrected chi connectivity index (χ1v) is 14.6. The molecule has 6 aromatic rings. The predicted octanol–water partition coefficient (Wildman–Crippen LogP) is 9.45. The first-order valence-electron chi connectivity index (χ1n) is 13.8. The number of nitrogens with zero attached hydrogens (tertiary/aromatic N) is 4. The second-order valence-electron chi connectivity index (χ2n) is 11.0. The maximum absolute atomic E-state index is 5.11. The highest BCUT2D eigenvalue weighted by Gasteiger charge is 2.38. The first kappa shape index (κ1) is 24.1. The van der Waals surface area contributed by atoms with Crippen molar-refractivity contribution in [2.24, 2.45) is 0 Å². The lowest BCUT2D eigenvalue weighted by atomic mass is 9.82. The minimum Gasteiger partial charge on any atom is -0.277 e. The summed E-state index contributed by atoms with van der Waals surface area (Å²) in [6.45, 7) is 4.65. The van der Waals surface area contributed by atoms with E-state index < -0.39 is 0 Å². The SMILES string of the molecule is CC1(C)c2ccccc2-c2cc3c(cc21)Sc1ccccc1N3c1nc(-c2ccccc2)nc(-c2ccccc2)n1. The van der Waals surface area contributed by atoms with E-state index in [1.165, 1.54) is 32.0 Å². The number of anilines is 3. The van der Waals surface area contributed by atoms with Crippen molar-refractivity contribution in [3.8, 4) is 33.9 Å².